The minimum Gasteiger partial charge on any atom is -0.466 e. The van der Waals surface area contributed by atoms with Gasteiger partial charge in [0.15, 0.2) is 0 Å². The van der Waals surface area contributed by atoms with Crippen LogP contribution in [0.25, 0.3) is 0 Å². The average Bonchev–Trinajstić information content (AvgIpc) is 2.93. The quantitative estimate of drug-likeness (QED) is 0.511. The second-order valence-corrected chi connectivity index (χ2v) is 7.07. The molecule has 1 heterocycles. The standard InChI is InChI=1S/C15H16BrNO2S2/c1-2-19-15(18)8-7-11-9-21-14(17-11)10-20-13-6-4-3-5-12(13)16/h3-6,9H,2,7-8,10H2,1H3. The van der Waals surface area contributed by atoms with Gasteiger partial charge in [-0.1, -0.05) is 12.1 Å². The van der Waals surface area contributed by atoms with Gasteiger partial charge in [-0.05, 0) is 35.0 Å². The minimum absolute atomic E-state index is 0.158. The smallest absolute Gasteiger partial charge is 0.306 e. The number of ether oxygens (including phenoxy) is 1. The lowest BCUT2D eigenvalue weighted by atomic mass is 10.2. The summed E-state index contributed by atoms with van der Waals surface area (Å²) in [5.41, 5.74) is 0.968. The number of thiazole rings is 1. The molecule has 0 N–H and O–H groups in total. The molecule has 112 valence electrons. The van der Waals surface area contributed by atoms with E-state index < -0.39 is 0 Å². The van der Waals surface area contributed by atoms with Crippen LogP contribution >= 0.6 is 39.0 Å². The molecule has 0 saturated heterocycles. The Morgan fingerprint density at radius 2 is 2.24 bits per heavy atom. The van der Waals surface area contributed by atoms with E-state index >= 15 is 0 Å². The van der Waals surface area contributed by atoms with Crippen LogP contribution in [-0.4, -0.2) is 17.6 Å². The fourth-order valence-corrected chi connectivity index (χ4v) is 4.11. The maximum Gasteiger partial charge on any atom is 0.306 e. The SMILES string of the molecule is CCOC(=O)CCc1csc(CSc2ccccc2Br)n1. The molecule has 0 spiro atoms. The normalized spacial score (nSPS) is 10.6. The highest BCUT2D eigenvalue weighted by Gasteiger charge is 2.07. The van der Waals surface area contributed by atoms with Crippen LogP contribution < -0.4 is 0 Å². The van der Waals surface area contributed by atoms with Gasteiger partial charge in [0.2, 0.25) is 0 Å². The third-order valence-electron chi connectivity index (χ3n) is 2.68. The molecule has 1 aromatic carbocycles. The summed E-state index contributed by atoms with van der Waals surface area (Å²) in [6, 6.07) is 8.16. The number of carbonyl (C=O) groups excluding carboxylic acids is 1. The van der Waals surface area contributed by atoms with Crippen molar-refractivity contribution in [2.24, 2.45) is 0 Å². The summed E-state index contributed by atoms with van der Waals surface area (Å²) in [4.78, 5) is 17.1. The molecule has 3 nitrogen and oxygen atoms in total. The molecule has 6 heteroatoms. The Hall–Kier alpha value is -0.850. The van der Waals surface area contributed by atoms with Crippen LogP contribution in [0.15, 0.2) is 39.0 Å². The highest BCUT2D eigenvalue weighted by molar-refractivity contribution is 9.10. The van der Waals surface area contributed by atoms with Gasteiger partial charge in [0, 0.05) is 21.2 Å². The number of thioether (sulfide) groups is 1. The number of hydrogen-bond donors (Lipinski definition) is 0. The van der Waals surface area contributed by atoms with Gasteiger partial charge >= 0.3 is 5.97 Å². The lowest BCUT2D eigenvalue weighted by Gasteiger charge is -2.01. The fraction of sp³-hybridized carbons (Fsp3) is 0.333. The zero-order valence-corrected chi connectivity index (χ0v) is 14.9. The van der Waals surface area contributed by atoms with E-state index in [0.717, 1.165) is 20.9 Å². The lowest BCUT2D eigenvalue weighted by Crippen LogP contribution is -2.05. The van der Waals surface area contributed by atoms with Gasteiger partial charge < -0.3 is 4.74 Å². The molecule has 0 amide bonds. The summed E-state index contributed by atoms with van der Waals surface area (Å²) in [6.07, 6.45) is 1.05. The summed E-state index contributed by atoms with van der Waals surface area (Å²) in [5.74, 6) is 0.682. The third-order valence-corrected chi connectivity index (χ3v) is 5.80. The van der Waals surface area contributed by atoms with Crippen LogP contribution in [0.2, 0.25) is 0 Å². The van der Waals surface area contributed by atoms with Crippen LogP contribution in [0.1, 0.15) is 24.0 Å². The van der Waals surface area contributed by atoms with E-state index in [1.165, 1.54) is 4.90 Å². The first kappa shape index (κ1) is 16.5. The number of hydrogen-bond acceptors (Lipinski definition) is 5. The average molecular weight is 386 g/mol. The van der Waals surface area contributed by atoms with Crippen molar-refractivity contribution in [2.45, 2.75) is 30.4 Å². The molecule has 0 aliphatic heterocycles. The van der Waals surface area contributed by atoms with Crippen molar-refractivity contribution in [3.63, 3.8) is 0 Å². The Labute approximate surface area is 141 Å². The number of halogens is 1. The maximum atomic E-state index is 11.3. The number of rotatable bonds is 7. The topological polar surface area (TPSA) is 39.2 Å². The van der Waals surface area contributed by atoms with Gasteiger partial charge in [-0.2, -0.15) is 0 Å². The van der Waals surface area contributed by atoms with Gasteiger partial charge in [-0.3, -0.25) is 4.79 Å². The first-order valence-corrected chi connectivity index (χ1v) is 9.31. The Morgan fingerprint density at radius 3 is 3.00 bits per heavy atom. The Balaban J connectivity index is 1.83. The number of benzene rings is 1. The van der Waals surface area contributed by atoms with Crippen molar-refractivity contribution in [3.05, 3.63) is 44.8 Å². The predicted molar refractivity (Wildman–Crippen MR) is 90.8 cm³/mol. The number of nitrogens with zero attached hydrogens (tertiary/aromatic N) is 1. The zero-order valence-electron chi connectivity index (χ0n) is 11.7. The number of carbonyl (C=O) groups is 1. The molecule has 0 bridgehead atoms. The molecule has 0 saturated carbocycles. The molecular weight excluding hydrogens is 370 g/mol. The second kappa shape index (κ2) is 8.56. The monoisotopic (exact) mass is 385 g/mol. The molecule has 0 aliphatic carbocycles. The molecule has 1 aromatic heterocycles. The van der Waals surface area contributed by atoms with Crippen LogP contribution in [-0.2, 0) is 21.7 Å². The molecule has 21 heavy (non-hydrogen) atoms. The molecule has 2 aromatic rings. The zero-order chi connectivity index (χ0) is 15.1. The van der Waals surface area contributed by atoms with Crippen molar-refractivity contribution < 1.29 is 9.53 Å². The number of esters is 1. The van der Waals surface area contributed by atoms with Gasteiger partial charge in [0.1, 0.15) is 5.01 Å². The molecular formula is C15H16BrNO2S2. The highest BCUT2D eigenvalue weighted by Crippen LogP contribution is 2.30. The van der Waals surface area contributed by atoms with E-state index in [1.807, 2.05) is 30.5 Å². The Kier molecular flexibility index (Phi) is 6.73. The van der Waals surface area contributed by atoms with Crippen LogP contribution in [0.3, 0.4) is 0 Å². The van der Waals surface area contributed by atoms with Gasteiger partial charge in [-0.15, -0.1) is 23.1 Å². The van der Waals surface area contributed by atoms with Gasteiger partial charge in [0.25, 0.3) is 0 Å². The van der Waals surface area contributed by atoms with E-state index in [-0.39, 0.29) is 5.97 Å². The van der Waals surface area contributed by atoms with Crippen LogP contribution in [0.5, 0.6) is 0 Å². The predicted octanol–water partition coefficient (Wildman–Crippen LogP) is 4.69. The van der Waals surface area contributed by atoms with Crippen molar-refractivity contribution >= 4 is 45.0 Å². The van der Waals surface area contributed by atoms with Gasteiger partial charge in [0.05, 0.1) is 24.5 Å². The van der Waals surface area contributed by atoms with E-state index in [0.29, 0.717) is 19.4 Å². The van der Waals surface area contributed by atoms with Gasteiger partial charge in [-0.25, -0.2) is 4.98 Å². The highest BCUT2D eigenvalue weighted by atomic mass is 79.9. The van der Waals surface area contributed by atoms with E-state index in [4.69, 9.17) is 4.74 Å². The number of aromatic nitrogens is 1. The molecule has 0 atom stereocenters. The minimum atomic E-state index is -0.158. The van der Waals surface area contributed by atoms with E-state index in [1.54, 1.807) is 23.1 Å². The summed E-state index contributed by atoms with van der Waals surface area (Å²) in [5, 5.41) is 3.10. The number of aryl methyl sites for hydroxylation is 1. The molecule has 0 unspecified atom stereocenters. The van der Waals surface area contributed by atoms with E-state index in [2.05, 4.69) is 27.0 Å². The largest absolute Gasteiger partial charge is 0.466 e. The molecule has 2 rings (SSSR count). The second-order valence-electron chi connectivity index (χ2n) is 4.26. The van der Waals surface area contributed by atoms with Crippen molar-refractivity contribution in [3.8, 4) is 0 Å². The van der Waals surface area contributed by atoms with Crippen molar-refractivity contribution in [1.82, 2.24) is 4.98 Å². The summed E-state index contributed by atoms with van der Waals surface area (Å²) < 4.78 is 6.02. The lowest BCUT2D eigenvalue weighted by molar-refractivity contribution is -0.143. The maximum absolute atomic E-state index is 11.3. The first-order chi connectivity index (χ1) is 10.2. The Bertz CT molecular complexity index is 601. The summed E-state index contributed by atoms with van der Waals surface area (Å²) >= 11 is 6.94. The van der Waals surface area contributed by atoms with Crippen molar-refractivity contribution in [1.29, 1.82) is 0 Å². The summed E-state index contributed by atoms with van der Waals surface area (Å²) in [7, 11) is 0. The van der Waals surface area contributed by atoms with Crippen LogP contribution in [0.4, 0.5) is 0 Å². The van der Waals surface area contributed by atoms with Crippen LogP contribution in [0, 0.1) is 0 Å². The molecule has 0 fully saturated rings. The first-order valence-electron chi connectivity index (χ1n) is 6.65. The third kappa shape index (κ3) is 5.45. The van der Waals surface area contributed by atoms with Crippen molar-refractivity contribution in [2.75, 3.05) is 6.61 Å². The summed E-state index contributed by atoms with van der Waals surface area (Å²) in [6.45, 7) is 2.25. The fourth-order valence-electron chi connectivity index (χ4n) is 1.69. The Morgan fingerprint density at radius 1 is 1.43 bits per heavy atom. The molecule has 0 aliphatic rings. The molecule has 0 radical (unpaired) electrons. The van der Waals surface area contributed by atoms with E-state index in [9.17, 15) is 4.79 Å².